The standard InChI is InChI=1S/C14H12BrF2NO/c15-10-2-1-9(3-4-18)14(5-10)19-13-7-11(16)6-12(17)8-13/h1-2,5-8H,3-4,18H2. The molecule has 0 unspecified atom stereocenters. The van der Waals surface area contributed by atoms with Gasteiger partial charge in [0.2, 0.25) is 0 Å². The van der Waals surface area contributed by atoms with Crippen molar-refractivity contribution < 1.29 is 13.5 Å². The van der Waals surface area contributed by atoms with E-state index < -0.39 is 11.6 Å². The lowest BCUT2D eigenvalue weighted by molar-refractivity contribution is 0.462. The molecule has 100 valence electrons. The molecule has 2 rings (SSSR count). The topological polar surface area (TPSA) is 35.2 Å². The molecule has 0 fully saturated rings. The van der Waals surface area contributed by atoms with Crippen LogP contribution in [0.15, 0.2) is 40.9 Å². The summed E-state index contributed by atoms with van der Waals surface area (Å²) in [6.07, 6.45) is 0.625. The first kappa shape index (κ1) is 14.0. The first-order valence-corrected chi connectivity index (χ1v) is 6.50. The van der Waals surface area contributed by atoms with E-state index in [0.717, 1.165) is 28.2 Å². The molecule has 0 heterocycles. The molecule has 0 aliphatic rings. The van der Waals surface area contributed by atoms with E-state index in [1.54, 1.807) is 6.07 Å². The summed E-state index contributed by atoms with van der Waals surface area (Å²) in [5, 5.41) is 0. The Hall–Kier alpha value is -1.46. The van der Waals surface area contributed by atoms with Gasteiger partial charge in [-0.2, -0.15) is 0 Å². The van der Waals surface area contributed by atoms with Crippen molar-refractivity contribution in [3.63, 3.8) is 0 Å². The Balaban J connectivity index is 2.33. The molecule has 19 heavy (non-hydrogen) atoms. The molecule has 2 N–H and O–H groups in total. The zero-order valence-electron chi connectivity index (χ0n) is 10.00. The number of halogens is 3. The molecule has 2 aromatic rings. The van der Waals surface area contributed by atoms with E-state index in [2.05, 4.69) is 15.9 Å². The maximum atomic E-state index is 13.1. The second kappa shape index (κ2) is 6.12. The van der Waals surface area contributed by atoms with E-state index >= 15 is 0 Å². The minimum Gasteiger partial charge on any atom is -0.457 e. The molecule has 0 spiro atoms. The fourth-order valence-corrected chi connectivity index (χ4v) is 2.04. The van der Waals surface area contributed by atoms with E-state index in [-0.39, 0.29) is 5.75 Å². The smallest absolute Gasteiger partial charge is 0.133 e. The normalized spacial score (nSPS) is 10.5. The molecule has 2 nitrogen and oxygen atoms in total. The Morgan fingerprint density at radius 1 is 1.05 bits per heavy atom. The molecule has 2 aromatic carbocycles. The summed E-state index contributed by atoms with van der Waals surface area (Å²) in [6.45, 7) is 0.468. The summed E-state index contributed by atoms with van der Waals surface area (Å²) in [4.78, 5) is 0. The van der Waals surface area contributed by atoms with Crippen molar-refractivity contribution in [1.29, 1.82) is 0 Å². The molecule has 0 amide bonds. The van der Waals surface area contributed by atoms with Crippen LogP contribution in [-0.4, -0.2) is 6.54 Å². The van der Waals surface area contributed by atoms with Gasteiger partial charge in [0.1, 0.15) is 23.1 Å². The van der Waals surface area contributed by atoms with E-state index in [9.17, 15) is 8.78 Å². The molecule has 0 saturated heterocycles. The molecule has 0 atom stereocenters. The monoisotopic (exact) mass is 327 g/mol. The predicted octanol–water partition coefficient (Wildman–Crippen LogP) is 4.02. The highest BCUT2D eigenvalue weighted by Gasteiger charge is 2.08. The molecule has 0 radical (unpaired) electrons. The summed E-state index contributed by atoms with van der Waals surface area (Å²) >= 11 is 3.33. The largest absolute Gasteiger partial charge is 0.457 e. The molecular weight excluding hydrogens is 316 g/mol. The average Bonchev–Trinajstić information content (AvgIpc) is 2.31. The van der Waals surface area contributed by atoms with Crippen LogP contribution in [0.5, 0.6) is 11.5 Å². The summed E-state index contributed by atoms with van der Waals surface area (Å²) in [5.74, 6) is -0.700. The third-order valence-electron chi connectivity index (χ3n) is 2.51. The molecule has 0 aliphatic heterocycles. The van der Waals surface area contributed by atoms with Gasteiger partial charge in [0.15, 0.2) is 0 Å². The van der Waals surface area contributed by atoms with Gasteiger partial charge in [-0.15, -0.1) is 0 Å². The van der Waals surface area contributed by atoms with Crippen molar-refractivity contribution in [2.75, 3.05) is 6.54 Å². The van der Waals surface area contributed by atoms with Crippen LogP contribution < -0.4 is 10.5 Å². The van der Waals surface area contributed by atoms with Gasteiger partial charge < -0.3 is 10.5 Å². The molecule has 0 aliphatic carbocycles. The van der Waals surface area contributed by atoms with Crippen LogP contribution in [0, 0.1) is 11.6 Å². The summed E-state index contributed by atoms with van der Waals surface area (Å²) in [5.41, 5.74) is 6.41. The second-order valence-corrected chi connectivity index (χ2v) is 4.91. The van der Waals surface area contributed by atoms with Crippen molar-refractivity contribution in [3.05, 3.63) is 58.1 Å². The lowest BCUT2D eigenvalue weighted by atomic mass is 10.1. The van der Waals surface area contributed by atoms with Gasteiger partial charge in [0, 0.05) is 22.7 Å². The summed E-state index contributed by atoms with van der Waals surface area (Å²) < 4.78 is 32.6. The fourth-order valence-electron chi connectivity index (χ4n) is 1.70. The maximum Gasteiger partial charge on any atom is 0.133 e. The van der Waals surface area contributed by atoms with Crippen molar-refractivity contribution >= 4 is 15.9 Å². The third kappa shape index (κ3) is 3.75. The quantitative estimate of drug-likeness (QED) is 0.920. The van der Waals surface area contributed by atoms with Crippen LogP contribution in [0.2, 0.25) is 0 Å². The number of rotatable bonds is 4. The Bertz CT molecular complexity index is 569. The zero-order valence-corrected chi connectivity index (χ0v) is 11.6. The van der Waals surface area contributed by atoms with Gasteiger partial charge in [0.25, 0.3) is 0 Å². The van der Waals surface area contributed by atoms with Gasteiger partial charge in [-0.3, -0.25) is 0 Å². The van der Waals surface area contributed by atoms with Crippen molar-refractivity contribution in [2.24, 2.45) is 5.73 Å². The van der Waals surface area contributed by atoms with Crippen LogP contribution in [-0.2, 0) is 6.42 Å². The van der Waals surface area contributed by atoms with Gasteiger partial charge in [-0.1, -0.05) is 22.0 Å². The van der Waals surface area contributed by atoms with Crippen LogP contribution in [0.4, 0.5) is 8.78 Å². The van der Waals surface area contributed by atoms with Crippen LogP contribution in [0.1, 0.15) is 5.56 Å². The number of hydrogen-bond donors (Lipinski definition) is 1. The van der Waals surface area contributed by atoms with Crippen LogP contribution in [0.25, 0.3) is 0 Å². The Morgan fingerprint density at radius 3 is 2.37 bits per heavy atom. The Morgan fingerprint density at radius 2 is 1.74 bits per heavy atom. The Kier molecular flexibility index (Phi) is 4.50. The highest BCUT2D eigenvalue weighted by Crippen LogP contribution is 2.29. The molecule has 0 bridgehead atoms. The summed E-state index contributed by atoms with van der Waals surface area (Å²) in [7, 11) is 0. The second-order valence-electron chi connectivity index (χ2n) is 4.00. The average molecular weight is 328 g/mol. The van der Waals surface area contributed by atoms with Crippen molar-refractivity contribution in [1.82, 2.24) is 0 Å². The number of benzene rings is 2. The molecule has 5 heteroatoms. The minimum atomic E-state index is -0.676. The number of ether oxygens (including phenoxy) is 1. The van der Waals surface area contributed by atoms with E-state index in [4.69, 9.17) is 10.5 Å². The number of hydrogen-bond acceptors (Lipinski definition) is 2. The van der Waals surface area contributed by atoms with Crippen LogP contribution in [0.3, 0.4) is 0 Å². The van der Waals surface area contributed by atoms with Gasteiger partial charge in [-0.05, 0) is 30.7 Å². The molecular formula is C14H12BrF2NO. The molecule has 0 saturated carbocycles. The predicted molar refractivity (Wildman–Crippen MR) is 73.3 cm³/mol. The van der Waals surface area contributed by atoms with E-state index in [1.807, 2.05) is 12.1 Å². The first-order chi connectivity index (χ1) is 9.08. The zero-order chi connectivity index (χ0) is 13.8. The van der Waals surface area contributed by atoms with Crippen LogP contribution >= 0.6 is 15.9 Å². The minimum absolute atomic E-state index is 0.119. The highest BCUT2D eigenvalue weighted by atomic mass is 79.9. The SMILES string of the molecule is NCCc1ccc(Br)cc1Oc1cc(F)cc(F)c1. The molecule has 0 aromatic heterocycles. The van der Waals surface area contributed by atoms with Crippen molar-refractivity contribution in [3.8, 4) is 11.5 Å². The summed E-state index contributed by atoms with van der Waals surface area (Å²) in [6, 6.07) is 8.54. The van der Waals surface area contributed by atoms with Gasteiger partial charge in [0.05, 0.1) is 0 Å². The van der Waals surface area contributed by atoms with Gasteiger partial charge >= 0.3 is 0 Å². The Labute approximate surface area is 118 Å². The lowest BCUT2D eigenvalue weighted by Crippen LogP contribution is -2.04. The fraction of sp³-hybridized carbons (Fsp3) is 0.143. The highest BCUT2D eigenvalue weighted by molar-refractivity contribution is 9.10. The van der Waals surface area contributed by atoms with E-state index in [1.165, 1.54) is 0 Å². The number of nitrogens with two attached hydrogens (primary N) is 1. The maximum absolute atomic E-state index is 13.1. The van der Waals surface area contributed by atoms with E-state index in [0.29, 0.717) is 18.7 Å². The lowest BCUT2D eigenvalue weighted by Gasteiger charge is -2.11. The van der Waals surface area contributed by atoms with Crippen molar-refractivity contribution in [2.45, 2.75) is 6.42 Å². The third-order valence-corrected chi connectivity index (χ3v) is 3.00. The van der Waals surface area contributed by atoms with Gasteiger partial charge in [-0.25, -0.2) is 8.78 Å². The first-order valence-electron chi connectivity index (χ1n) is 5.71.